The van der Waals surface area contributed by atoms with Crippen LogP contribution in [0.5, 0.6) is 0 Å². The third-order valence-corrected chi connectivity index (χ3v) is 5.80. The Balaban J connectivity index is 1.85. The Morgan fingerprint density at radius 1 is 1.28 bits per heavy atom. The van der Waals surface area contributed by atoms with Gasteiger partial charge in [0.15, 0.2) is 5.13 Å². The minimum Gasteiger partial charge on any atom is -0.383 e. The number of pyridine rings is 1. The molecule has 3 aromatic heterocycles. The number of rotatable bonds is 6. The lowest BCUT2D eigenvalue weighted by molar-refractivity contribution is 0.0977. The smallest absolute Gasteiger partial charge is 0.261 e. The van der Waals surface area contributed by atoms with Crippen molar-refractivity contribution in [2.24, 2.45) is 0 Å². The maximum Gasteiger partial charge on any atom is 0.261 e. The van der Waals surface area contributed by atoms with E-state index < -0.39 is 0 Å². The van der Waals surface area contributed by atoms with Crippen LogP contribution < -0.4 is 4.90 Å². The van der Waals surface area contributed by atoms with E-state index in [1.165, 1.54) is 11.3 Å². The second-order valence-corrected chi connectivity index (χ2v) is 8.12. The molecule has 0 aliphatic heterocycles. The molecule has 29 heavy (non-hydrogen) atoms. The highest BCUT2D eigenvalue weighted by molar-refractivity contribution is 7.22. The molecule has 0 spiro atoms. The molecule has 0 N–H and O–H groups in total. The Kier molecular flexibility index (Phi) is 5.29. The van der Waals surface area contributed by atoms with Gasteiger partial charge in [0.25, 0.3) is 11.6 Å². The van der Waals surface area contributed by atoms with Crippen LogP contribution >= 0.6 is 11.3 Å². The van der Waals surface area contributed by atoms with Crippen molar-refractivity contribution in [3.63, 3.8) is 0 Å². The van der Waals surface area contributed by atoms with E-state index in [4.69, 9.17) is 9.26 Å². The molecule has 0 bridgehead atoms. The summed E-state index contributed by atoms with van der Waals surface area (Å²) >= 11 is 1.48. The van der Waals surface area contributed by atoms with Gasteiger partial charge in [0, 0.05) is 12.8 Å². The fourth-order valence-electron chi connectivity index (χ4n) is 3.17. The highest BCUT2D eigenvalue weighted by Crippen LogP contribution is 2.32. The summed E-state index contributed by atoms with van der Waals surface area (Å²) in [5.41, 5.74) is 3.20. The number of hydrogen-bond acceptors (Lipinski definition) is 7. The number of carbonyl (C=O) groups is 1. The summed E-state index contributed by atoms with van der Waals surface area (Å²) in [6.07, 6.45) is 0. The molecule has 0 aliphatic carbocycles. The molecule has 4 aromatic rings. The molecular formula is C21H22N4O3S. The van der Waals surface area contributed by atoms with Crippen LogP contribution in [0.4, 0.5) is 5.13 Å². The van der Waals surface area contributed by atoms with Crippen LogP contribution in [-0.2, 0) is 4.74 Å². The van der Waals surface area contributed by atoms with Gasteiger partial charge in [0.2, 0.25) is 0 Å². The Hall–Kier alpha value is -2.84. The summed E-state index contributed by atoms with van der Waals surface area (Å²) in [5.74, 6) is -0.0204. The topological polar surface area (TPSA) is 81.4 Å². The number of benzene rings is 1. The Bertz CT molecular complexity index is 1150. The van der Waals surface area contributed by atoms with E-state index in [0.717, 1.165) is 15.9 Å². The maximum atomic E-state index is 13.7. The number of carbonyl (C=O) groups excluding carboxylic acids is 1. The fourth-order valence-corrected chi connectivity index (χ4v) is 4.16. The van der Waals surface area contributed by atoms with Crippen molar-refractivity contribution in [2.75, 3.05) is 25.2 Å². The number of hydrogen-bond donors (Lipinski definition) is 0. The van der Waals surface area contributed by atoms with Crippen LogP contribution in [-0.4, -0.2) is 41.3 Å². The second-order valence-electron chi connectivity index (χ2n) is 7.11. The van der Waals surface area contributed by atoms with Crippen molar-refractivity contribution in [1.82, 2.24) is 15.1 Å². The molecule has 7 nitrogen and oxygen atoms in total. The zero-order valence-electron chi connectivity index (χ0n) is 16.8. The van der Waals surface area contributed by atoms with E-state index >= 15 is 0 Å². The standard InChI is InChI=1S/C21H22N4O3S/c1-12(2)16-11-14(18-13(3)24-28-19(18)22-16)20(26)25(9-10-27-4)21-23-15-7-5-6-8-17(15)29-21/h5-8,11-12H,9-10H2,1-4H3. The van der Waals surface area contributed by atoms with Crippen LogP contribution in [0.1, 0.15) is 41.5 Å². The molecule has 0 saturated heterocycles. The monoisotopic (exact) mass is 410 g/mol. The van der Waals surface area contributed by atoms with Gasteiger partial charge in [-0.15, -0.1) is 0 Å². The number of aromatic nitrogens is 3. The van der Waals surface area contributed by atoms with Gasteiger partial charge in [-0.2, -0.15) is 0 Å². The summed E-state index contributed by atoms with van der Waals surface area (Å²) in [6.45, 7) is 6.66. The number of nitrogens with zero attached hydrogens (tertiary/aromatic N) is 4. The molecule has 0 fully saturated rings. The van der Waals surface area contributed by atoms with Crippen LogP contribution in [0.2, 0.25) is 0 Å². The molecule has 1 amide bonds. The molecule has 3 heterocycles. The summed E-state index contributed by atoms with van der Waals surface area (Å²) in [6, 6.07) is 9.69. The normalized spacial score (nSPS) is 11.6. The molecule has 1 aromatic carbocycles. The van der Waals surface area contributed by atoms with Crippen molar-refractivity contribution < 1.29 is 14.1 Å². The van der Waals surface area contributed by atoms with E-state index in [0.29, 0.717) is 40.6 Å². The Morgan fingerprint density at radius 2 is 2.07 bits per heavy atom. The lowest BCUT2D eigenvalue weighted by atomic mass is 10.0. The third kappa shape index (κ3) is 3.61. The summed E-state index contributed by atoms with van der Waals surface area (Å²) < 4.78 is 11.7. The quantitative estimate of drug-likeness (QED) is 0.464. The molecular weight excluding hydrogens is 388 g/mol. The Labute approximate surface area is 172 Å². The van der Waals surface area contributed by atoms with Gasteiger partial charge in [-0.3, -0.25) is 9.69 Å². The first-order chi connectivity index (χ1) is 14.0. The van der Waals surface area contributed by atoms with Crippen LogP contribution in [0.25, 0.3) is 21.3 Å². The van der Waals surface area contributed by atoms with E-state index in [1.54, 1.807) is 12.0 Å². The van der Waals surface area contributed by atoms with Crippen molar-refractivity contribution in [3.8, 4) is 0 Å². The van der Waals surface area contributed by atoms with Crippen molar-refractivity contribution in [1.29, 1.82) is 0 Å². The first-order valence-corrected chi connectivity index (χ1v) is 10.2. The molecule has 0 aliphatic rings. The highest BCUT2D eigenvalue weighted by Gasteiger charge is 2.26. The van der Waals surface area contributed by atoms with Gasteiger partial charge in [-0.25, -0.2) is 9.97 Å². The molecule has 4 rings (SSSR count). The second kappa shape index (κ2) is 7.88. The van der Waals surface area contributed by atoms with Crippen molar-refractivity contribution >= 4 is 43.7 Å². The molecule has 150 valence electrons. The van der Waals surface area contributed by atoms with E-state index in [2.05, 4.69) is 15.1 Å². The zero-order valence-corrected chi connectivity index (χ0v) is 17.6. The van der Waals surface area contributed by atoms with E-state index in [1.807, 2.05) is 51.1 Å². The number of methoxy groups -OCH3 is 1. The molecule has 0 radical (unpaired) electrons. The fraction of sp³-hybridized carbons (Fsp3) is 0.333. The average Bonchev–Trinajstić information content (AvgIpc) is 3.31. The Morgan fingerprint density at radius 3 is 2.79 bits per heavy atom. The molecule has 8 heteroatoms. The van der Waals surface area contributed by atoms with Crippen molar-refractivity contribution in [2.45, 2.75) is 26.7 Å². The SMILES string of the molecule is COCCN(C(=O)c1cc(C(C)C)nc2onc(C)c12)c1nc2ccccc2s1. The first-order valence-electron chi connectivity index (χ1n) is 9.43. The number of ether oxygens (including phenoxy) is 1. The number of aryl methyl sites for hydroxylation is 1. The predicted octanol–water partition coefficient (Wildman–Crippen LogP) is 4.56. The van der Waals surface area contributed by atoms with Crippen molar-refractivity contribution in [3.05, 3.63) is 47.3 Å². The van der Waals surface area contributed by atoms with Gasteiger partial charge < -0.3 is 9.26 Å². The summed E-state index contributed by atoms with van der Waals surface area (Å²) in [7, 11) is 1.62. The summed E-state index contributed by atoms with van der Waals surface area (Å²) in [4.78, 5) is 24.6. The van der Waals surface area contributed by atoms with Crippen LogP contribution in [0.15, 0.2) is 34.9 Å². The van der Waals surface area contributed by atoms with Crippen LogP contribution in [0.3, 0.4) is 0 Å². The minimum absolute atomic E-state index is 0.145. The number of amides is 1. The maximum absolute atomic E-state index is 13.7. The minimum atomic E-state index is -0.165. The molecule has 0 saturated carbocycles. The summed E-state index contributed by atoms with van der Waals surface area (Å²) in [5, 5.41) is 5.30. The lowest BCUT2D eigenvalue weighted by Gasteiger charge is -2.20. The largest absolute Gasteiger partial charge is 0.383 e. The number of thiazole rings is 1. The average molecular weight is 410 g/mol. The van der Waals surface area contributed by atoms with Gasteiger partial charge in [-0.05, 0) is 31.0 Å². The van der Waals surface area contributed by atoms with Gasteiger partial charge in [-0.1, -0.05) is 42.5 Å². The lowest BCUT2D eigenvalue weighted by Crippen LogP contribution is -2.34. The van der Waals surface area contributed by atoms with E-state index in [9.17, 15) is 4.79 Å². The number of para-hydroxylation sites is 1. The molecule has 0 unspecified atom stereocenters. The zero-order chi connectivity index (χ0) is 20.5. The first kappa shape index (κ1) is 19.5. The molecule has 0 atom stereocenters. The van der Waals surface area contributed by atoms with Gasteiger partial charge >= 0.3 is 0 Å². The number of anilines is 1. The highest BCUT2D eigenvalue weighted by atomic mass is 32.1. The predicted molar refractivity (Wildman–Crippen MR) is 114 cm³/mol. The van der Waals surface area contributed by atoms with E-state index in [-0.39, 0.29) is 11.8 Å². The van der Waals surface area contributed by atoms with Gasteiger partial charge in [0.05, 0.1) is 40.0 Å². The third-order valence-electron chi connectivity index (χ3n) is 4.74. The van der Waals surface area contributed by atoms with Crippen LogP contribution in [0, 0.1) is 6.92 Å². The number of fused-ring (bicyclic) bond motifs is 2. The van der Waals surface area contributed by atoms with Gasteiger partial charge in [0.1, 0.15) is 0 Å².